The first-order chi connectivity index (χ1) is 3.63. The molecular formula is C4H12N2O4+2. The second kappa shape index (κ2) is 7.60. The molecule has 0 bridgehead atoms. The van der Waals surface area contributed by atoms with Crippen LogP contribution in [0, 0.1) is 0 Å². The van der Waals surface area contributed by atoms with Crippen molar-refractivity contribution in [3.8, 4) is 0 Å². The molecule has 6 nitrogen and oxygen atoms in total. The number of aliphatic carboxylic acids is 2. The Morgan fingerprint density at radius 2 is 1.10 bits per heavy atom. The zero-order chi connectivity index (χ0) is 6.57. The maximum absolute atomic E-state index is 9.55. The Bertz CT molecular complexity index is 126. The van der Waals surface area contributed by atoms with E-state index in [1.807, 2.05) is 0 Å². The van der Waals surface area contributed by atoms with E-state index in [9.17, 15) is 9.59 Å². The number of rotatable bonds is 2. The van der Waals surface area contributed by atoms with Crippen LogP contribution in [0.3, 0.4) is 0 Å². The summed E-state index contributed by atoms with van der Waals surface area (Å²) in [5.41, 5.74) is 0. The van der Waals surface area contributed by atoms with Crippen molar-refractivity contribution in [3.63, 3.8) is 0 Å². The van der Waals surface area contributed by atoms with Crippen LogP contribution in [0.5, 0.6) is 0 Å². The summed E-state index contributed by atoms with van der Waals surface area (Å²) in [6.07, 6.45) is 1.12. The van der Waals surface area contributed by atoms with Gasteiger partial charge < -0.3 is 22.5 Å². The Morgan fingerprint density at radius 3 is 1.20 bits per heavy atom. The maximum Gasteiger partial charge on any atom is 0.328 e. The van der Waals surface area contributed by atoms with Crippen molar-refractivity contribution in [1.29, 1.82) is 0 Å². The molecule has 0 aliphatic heterocycles. The third-order valence-electron chi connectivity index (χ3n) is 0.368. The summed E-state index contributed by atoms with van der Waals surface area (Å²) in [6, 6.07) is 0. The summed E-state index contributed by atoms with van der Waals surface area (Å²) in [4.78, 5) is 19.1. The molecule has 0 heterocycles. The standard InChI is InChI=1S/C4H4O4.2H3N/c5-3(6)1-2-4(7)8;;/h1-2H,(H,5,6)(H,7,8);2*1H3/p+2/b2-1+;;. The summed E-state index contributed by atoms with van der Waals surface area (Å²) >= 11 is 0. The van der Waals surface area contributed by atoms with E-state index in [0.717, 1.165) is 0 Å². The van der Waals surface area contributed by atoms with Gasteiger partial charge >= 0.3 is 11.9 Å². The van der Waals surface area contributed by atoms with Crippen LogP contribution < -0.4 is 12.3 Å². The van der Waals surface area contributed by atoms with Crippen molar-refractivity contribution < 1.29 is 19.8 Å². The first-order valence-corrected chi connectivity index (χ1v) is 1.77. The summed E-state index contributed by atoms with van der Waals surface area (Å²) in [5.74, 6) is -2.51. The fourth-order valence-corrected chi connectivity index (χ4v) is 0.143. The first kappa shape index (κ1) is 15.8. The zero-order valence-corrected chi connectivity index (χ0v) is 5.87. The molecule has 0 atom stereocenters. The fourth-order valence-electron chi connectivity index (χ4n) is 0.143. The van der Waals surface area contributed by atoms with Gasteiger partial charge in [-0.05, 0) is 0 Å². The molecule has 10 heavy (non-hydrogen) atoms. The second-order valence-corrected chi connectivity index (χ2v) is 1.01. The Labute approximate surface area is 57.3 Å². The highest BCUT2D eigenvalue weighted by atomic mass is 16.4. The lowest BCUT2D eigenvalue weighted by Gasteiger charge is -1.74. The van der Waals surface area contributed by atoms with Crippen molar-refractivity contribution in [2.45, 2.75) is 0 Å². The maximum atomic E-state index is 9.55. The topological polar surface area (TPSA) is 148 Å². The lowest BCUT2D eigenvalue weighted by Crippen LogP contribution is -1.91. The fraction of sp³-hybridized carbons (Fsp3) is 0. The van der Waals surface area contributed by atoms with Gasteiger partial charge in [0.05, 0.1) is 0 Å². The number of carboxylic acid groups (broad SMARTS) is 2. The Morgan fingerprint density at radius 1 is 0.900 bits per heavy atom. The highest BCUT2D eigenvalue weighted by Crippen LogP contribution is 1.70. The monoisotopic (exact) mass is 152 g/mol. The minimum absolute atomic E-state index is 0. The summed E-state index contributed by atoms with van der Waals surface area (Å²) in [6.45, 7) is 0. The quantitative estimate of drug-likeness (QED) is 0.425. The lowest BCUT2D eigenvalue weighted by molar-refractivity contribution is -0.134. The first-order valence-electron chi connectivity index (χ1n) is 1.77. The van der Waals surface area contributed by atoms with Gasteiger partial charge in [0.2, 0.25) is 0 Å². The molecule has 0 aromatic heterocycles. The summed E-state index contributed by atoms with van der Waals surface area (Å²) < 4.78 is 0. The lowest BCUT2D eigenvalue weighted by atomic mass is 10.5. The summed E-state index contributed by atoms with van der Waals surface area (Å²) in [7, 11) is 0. The van der Waals surface area contributed by atoms with E-state index in [1.165, 1.54) is 0 Å². The van der Waals surface area contributed by atoms with E-state index in [0.29, 0.717) is 12.2 Å². The van der Waals surface area contributed by atoms with E-state index in [2.05, 4.69) is 0 Å². The predicted molar refractivity (Wildman–Crippen MR) is 36.4 cm³/mol. The third kappa shape index (κ3) is 16.0. The van der Waals surface area contributed by atoms with Gasteiger partial charge in [0.1, 0.15) is 0 Å². The van der Waals surface area contributed by atoms with Crippen LogP contribution in [-0.4, -0.2) is 22.2 Å². The number of carboxylic acids is 2. The molecule has 0 fully saturated rings. The molecule has 0 aliphatic rings. The van der Waals surface area contributed by atoms with Crippen LogP contribution in [0.4, 0.5) is 0 Å². The van der Waals surface area contributed by atoms with Crippen molar-refractivity contribution in [2.24, 2.45) is 0 Å². The molecule has 0 unspecified atom stereocenters. The normalized spacial score (nSPS) is 7.60. The van der Waals surface area contributed by atoms with Gasteiger partial charge in [0.25, 0.3) is 0 Å². The number of quaternary nitrogens is 2. The van der Waals surface area contributed by atoms with Crippen LogP contribution in [0.2, 0.25) is 0 Å². The molecule has 10 N–H and O–H groups in total. The molecule has 0 spiro atoms. The smallest absolute Gasteiger partial charge is 0.328 e. The molecule has 0 saturated carbocycles. The molecule has 0 rings (SSSR count). The van der Waals surface area contributed by atoms with Crippen LogP contribution in [0.15, 0.2) is 12.2 Å². The third-order valence-corrected chi connectivity index (χ3v) is 0.368. The van der Waals surface area contributed by atoms with E-state index < -0.39 is 11.9 Å². The minimum atomic E-state index is -1.26. The molecule has 60 valence electrons. The molecule has 0 aromatic carbocycles. The van der Waals surface area contributed by atoms with Gasteiger partial charge in [0, 0.05) is 12.2 Å². The van der Waals surface area contributed by atoms with Gasteiger partial charge in [-0.25, -0.2) is 9.59 Å². The highest BCUT2D eigenvalue weighted by molar-refractivity contribution is 5.89. The zero-order valence-electron chi connectivity index (χ0n) is 5.87. The average molecular weight is 152 g/mol. The molecular weight excluding hydrogens is 140 g/mol. The molecule has 0 amide bonds. The summed E-state index contributed by atoms with van der Waals surface area (Å²) in [5, 5.41) is 15.6. The van der Waals surface area contributed by atoms with E-state index in [-0.39, 0.29) is 12.3 Å². The Hall–Kier alpha value is -1.40. The highest BCUT2D eigenvalue weighted by Gasteiger charge is 1.88. The van der Waals surface area contributed by atoms with E-state index in [4.69, 9.17) is 10.2 Å². The van der Waals surface area contributed by atoms with Crippen LogP contribution in [0.1, 0.15) is 0 Å². The molecule has 0 saturated heterocycles. The van der Waals surface area contributed by atoms with Gasteiger partial charge in [-0.3, -0.25) is 0 Å². The number of hydrogen-bond acceptors (Lipinski definition) is 2. The van der Waals surface area contributed by atoms with Crippen molar-refractivity contribution >= 4 is 11.9 Å². The Balaban J connectivity index is -0.000000245. The number of carbonyl (C=O) groups is 2. The largest absolute Gasteiger partial charge is 0.478 e. The van der Waals surface area contributed by atoms with Crippen LogP contribution in [0.25, 0.3) is 0 Å². The van der Waals surface area contributed by atoms with E-state index >= 15 is 0 Å². The van der Waals surface area contributed by atoms with Crippen molar-refractivity contribution in [2.75, 3.05) is 0 Å². The van der Waals surface area contributed by atoms with Crippen LogP contribution >= 0.6 is 0 Å². The molecule has 6 heteroatoms. The average Bonchev–Trinajstić information content (AvgIpc) is 1.61. The predicted octanol–water partition coefficient (Wildman–Crippen LogP) is 0.464. The molecule has 0 aromatic rings. The van der Waals surface area contributed by atoms with Gasteiger partial charge in [-0.2, -0.15) is 0 Å². The van der Waals surface area contributed by atoms with Crippen molar-refractivity contribution in [3.05, 3.63) is 12.2 Å². The van der Waals surface area contributed by atoms with Crippen LogP contribution in [-0.2, 0) is 9.59 Å². The minimum Gasteiger partial charge on any atom is -0.478 e. The SMILES string of the molecule is O=C(O)/C=C/C(=O)O.[NH4+].[NH4+]. The molecule has 0 aliphatic carbocycles. The van der Waals surface area contributed by atoms with E-state index in [1.54, 1.807) is 0 Å². The van der Waals surface area contributed by atoms with Gasteiger partial charge in [-0.15, -0.1) is 0 Å². The van der Waals surface area contributed by atoms with Gasteiger partial charge in [0.15, 0.2) is 0 Å². The van der Waals surface area contributed by atoms with Crippen molar-refractivity contribution in [1.82, 2.24) is 12.3 Å². The molecule has 0 radical (unpaired) electrons. The second-order valence-electron chi connectivity index (χ2n) is 1.01. The number of hydrogen-bond donors (Lipinski definition) is 4. The van der Waals surface area contributed by atoms with Gasteiger partial charge in [-0.1, -0.05) is 0 Å². The Kier molecular flexibility index (Phi) is 12.0.